The molecule has 56 heavy (non-hydrogen) atoms. The number of nitrogens with two attached hydrogens (primary N) is 1. The van der Waals surface area contributed by atoms with Gasteiger partial charge in [-0.2, -0.15) is 0 Å². The summed E-state index contributed by atoms with van der Waals surface area (Å²) in [6.45, 7) is 3.33. The van der Waals surface area contributed by atoms with Crippen LogP contribution in [0.5, 0.6) is 0 Å². The zero-order valence-corrected chi connectivity index (χ0v) is 35.3. The molecule has 0 fully saturated rings. The van der Waals surface area contributed by atoms with Crippen molar-refractivity contribution in [2.24, 2.45) is 5.73 Å². The van der Waals surface area contributed by atoms with E-state index in [-0.39, 0.29) is 32.6 Å². The number of carbonyl (C=O) groups excluding carboxylic acids is 2. The van der Waals surface area contributed by atoms with Gasteiger partial charge >= 0.3 is 19.8 Å². The summed E-state index contributed by atoms with van der Waals surface area (Å²) < 4.78 is 32.6. The van der Waals surface area contributed by atoms with E-state index in [4.69, 9.17) is 24.3 Å². The molecular weight excluding hydrogens is 729 g/mol. The van der Waals surface area contributed by atoms with Crippen LogP contribution in [0.15, 0.2) is 97.2 Å². The van der Waals surface area contributed by atoms with Crippen LogP contribution in [0.3, 0.4) is 0 Å². The second-order valence-corrected chi connectivity index (χ2v) is 14.8. The standard InChI is InChI=1S/C45H74NO9P/c1-3-5-7-8-9-10-11-12-13-14-15-16-17-18-19-22-26-29-33-37-45(49)55-43(41-54-56(50,51)53-39-38-46)40-52-44(48)36-32-28-25-23-20-21-24-27-31-35-42(47)34-30-6-4-2/h6,9-10,12-13,15-16,18-19,24,26-27,29-31,35,42-43,47H,3-5,7-8,11,14,17,20-23,25,28,32-34,36-41,46H2,1-2H3,(H,50,51)/b10-9-,13-12-,16-15-,19-18-,27-24+,29-26-,30-6+,35-31+/t42?,43-/m1/s1. The number of hydrogen-bond acceptors (Lipinski definition) is 9. The van der Waals surface area contributed by atoms with Crippen LogP contribution in [0.4, 0.5) is 0 Å². The molecule has 0 aromatic rings. The summed E-state index contributed by atoms with van der Waals surface area (Å²) in [5.74, 6) is -0.990. The highest BCUT2D eigenvalue weighted by Gasteiger charge is 2.25. The lowest BCUT2D eigenvalue weighted by molar-refractivity contribution is -0.161. The largest absolute Gasteiger partial charge is 0.472 e. The predicted molar refractivity (Wildman–Crippen MR) is 230 cm³/mol. The molecule has 318 valence electrons. The number of unbranched alkanes of at least 4 members (excludes halogenated alkanes) is 8. The first-order valence-corrected chi connectivity index (χ1v) is 22.3. The summed E-state index contributed by atoms with van der Waals surface area (Å²) in [7, 11) is -4.42. The van der Waals surface area contributed by atoms with E-state index in [2.05, 4.69) is 68.5 Å². The normalized spacial score (nSPS) is 14.9. The fraction of sp³-hybridized carbons (Fsp3) is 0.600. The molecule has 0 aliphatic rings. The van der Waals surface area contributed by atoms with Crippen molar-refractivity contribution >= 4 is 19.8 Å². The summed E-state index contributed by atoms with van der Waals surface area (Å²) in [6.07, 6.45) is 47.8. The summed E-state index contributed by atoms with van der Waals surface area (Å²) in [6, 6.07) is 0. The fourth-order valence-electron chi connectivity index (χ4n) is 4.94. The first-order chi connectivity index (χ1) is 27.2. The van der Waals surface area contributed by atoms with Crippen molar-refractivity contribution in [1.82, 2.24) is 0 Å². The molecule has 0 aliphatic heterocycles. The van der Waals surface area contributed by atoms with Crippen LogP contribution < -0.4 is 5.73 Å². The van der Waals surface area contributed by atoms with Gasteiger partial charge in [-0.25, -0.2) is 4.57 Å². The van der Waals surface area contributed by atoms with Gasteiger partial charge < -0.3 is 25.2 Å². The van der Waals surface area contributed by atoms with Gasteiger partial charge in [0.1, 0.15) is 6.61 Å². The van der Waals surface area contributed by atoms with Crippen LogP contribution in [0, 0.1) is 0 Å². The Morgan fingerprint density at radius 2 is 1.23 bits per heavy atom. The second kappa shape index (κ2) is 40.1. The Bertz CT molecular complexity index is 1250. The van der Waals surface area contributed by atoms with Crippen molar-refractivity contribution in [3.63, 3.8) is 0 Å². The number of allylic oxidation sites excluding steroid dienone is 14. The van der Waals surface area contributed by atoms with E-state index in [1.165, 1.54) is 25.7 Å². The Morgan fingerprint density at radius 3 is 1.88 bits per heavy atom. The van der Waals surface area contributed by atoms with Gasteiger partial charge in [-0.15, -0.1) is 0 Å². The van der Waals surface area contributed by atoms with Gasteiger partial charge in [-0.1, -0.05) is 143 Å². The van der Waals surface area contributed by atoms with Gasteiger partial charge in [-0.05, 0) is 77.0 Å². The van der Waals surface area contributed by atoms with E-state index >= 15 is 0 Å². The smallest absolute Gasteiger partial charge is 0.462 e. The number of carbonyl (C=O) groups is 2. The third-order valence-corrected chi connectivity index (χ3v) is 9.03. The molecule has 0 saturated heterocycles. The molecule has 0 radical (unpaired) electrons. The van der Waals surface area contributed by atoms with Gasteiger partial charge in [-0.3, -0.25) is 18.6 Å². The molecule has 0 rings (SSSR count). The summed E-state index contributed by atoms with van der Waals surface area (Å²) in [5, 5.41) is 9.86. The minimum absolute atomic E-state index is 0.0257. The number of aliphatic hydroxyl groups is 1. The quantitative estimate of drug-likeness (QED) is 0.0182. The first kappa shape index (κ1) is 52.9. The highest BCUT2D eigenvalue weighted by Crippen LogP contribution is 2.43. The molecule has 3 atom stereocenters. The van der Waals surface area contributed by atoms with Crippen LogP contribution in [0.1, 0.15) is 136 Å². The van der Waals surface area contributed by atoms with E-state index in [1.54, 1.807) is 6.08 Å². The minimum atomic E-state index is -4.42. The molecular formula is C45H74NO9P. The highest BCUT2D eigenvalue weighted by atomic mass is 31.2. The van der Waals surface area contributed by atoms with Crippen molar-refractivity contribution < 1.29 is 42.7 Å². The van der Waals surface area contributed by atoms with Gasteiger partial charge in [0, 0.05) is 19.4 Å². The monoisotopic (exact) mass is 804 g/mol. The number of phosphoric ester groups is 1. The molecule has 0 bridgehead atoms. The Hall–Kier alpha value is -3.11. The Kier molecular flexibility index (Phi) is 37.9. The Balaban J connectivity index is 4.40. The van der Waals surface area contributed by atoms with Crippen molar-refractivity contribution in [1.29, 1.82) is 0 Å². The highest BCUT2D eigenvalue weighted by molar-refractivity contribution is 7.47. The third-order valence-electron chi connectivity index (χ3n) is 8.05. The molecule has 0 aromatic heterocycles. The van der Waals surface area contributed by atoms with Crippen LogP contribution in [-0.4, -0.2) is 60.5 Å². The molecule has 4 N–H and O–H groups in total. The molecule has 0 saturated carbocycles. The van der Waals surface area contributed by atoms with Crippen LogP contribution in [-0.2, 0) is 32.7 Å². The number of rotatable bonds is 37. The van der Waals surface area contributed by atoms with E-state index < -0.39 is 38.6 Å². The lowest BCUT2D eigenvalue weighted by atomic mass is 10.1. The van der Waals surface area contributed by atoms with Crippen LogP contribution in [0.2, 0.25) is 0 Å². The van der Waals surface area contributed by atoms with Crippen LogP contribution >= 0.6 is 7.82 Å². The van der Waals surface area contributed by atoms with E-state index in [0.717, 1.165) is 64.2 Å². The van der Waals surface area contributed by atoms with Gasteiger partial charge in [0.25, 0.3) is 0 Å². The number of ether oxygens (including phenoxy) is 2. The van der Waals surface area contributed by atoms with Crippen molar-refractivity contribution in [3.8, 4) is 0 Å². The number of aliphatic hydroxyl groups excluding tert-OH is 1. The Labute approximate surface area is 339 Å². The lowest BCUT2D eigenvalue weighted by Crippen LogP contribution is -2.29. The summed E-state index contributed by atoms with van der Waals surface area (Å²) >= 11 is 0. The predicted octanol–water partition coefficient (Wildman–Crippen LogP) is 10.8. The average molecular weight is 804 g/mol. The molecule has 11 heteroatoms. The maximum atomic E-state index is 12.5. The van der Waals surface area contributed by atoms with Crippen molar-refractivity contribution in [2.75, 3.05) is 26.4 Å². The molecule has 0 heterocycles. The molecule has 0 aliphatic carbocycles. The molecule has 2 unspecified atom stereocenters. The van der Waals surface area contributed by atoms with Crippen molar-refractivity contribution in [3.05, 3.63) is 97.2 Å². The molecule has 0 amide bonds. The van der Waals surface area contributed by atoms with Gasteiger partial charge in [0.2, 0.25) is 0 Å². The van der Waals surface area contributed by atoms with Gasteiger partial charge in [0.15, 0.2) is 6.10 Å². The maximum absolute atomic E-state index is 12.5. The van der Waals surface area contributed by atoms with E-state index in [0.29, 0.717) is 19.3 Å². The zero-order chi connectivity index (χ0) is 41.2. The first-order valence-electron chi connectivity index (χ1n) is 20.8. The SMILES string of the molecule is CC/C=C/CC(O)/C=C/C=C/CCCCCCCC(=O)OC[C@H](COP(=O)(O)OCCN)OC(=O)CC/C=C\C/C=C\C/C=C\C/C=C\C/C=C\CCCCC. The zero-order valence-electron chi connectivity index (χ0n) is 34.4. The average Bonchev–Trinajstić information content (AvgIpc) is 3.18. The van der Waals surface area contributed by atoms with Crippen molar-refractivity contribution in [2.45, 2.75) is 148 Å². The second-order valence-electron chi connectivity index (χ2n) is 13.3. The molecule has 10 nitrogen and oxygen atoms in total. The van der Waals surface area contributed by atoms with E-state index in [9.17, 15) is 24.2 Å². The lowest BCUT2D eigenvalue weighted by Gasteiger charge is -2.19. The number of phosphoric acid groups is 1. The fourth-order valence-corrected chi connectivity index (χ4v) is 5.71. The van der Waals surface area contributed by atoms with Crippen LogP contribution in [0.25, 0.3) is 0 Å². The summed E-state index contributed by atoms with van der Waals surface area (Å²) in [4.78, 5) is 34.8. The third kappa shape index (κ3) is 39.1. The number of hydrogen-bond donors (Lipinski definition) is 3. The van der Waals surface area contributed by atoms with Gasteiger partial charge in [0.05, 0.1) is 19.3 Å². The maximum Gasteiger partial charge on any atom is 0.472 e. The van der Waals surface area contributed by atoms with E-state index in [1.807, 2.05) is 36.5 Å². The molecule has 0 spiro atoms. The minimum Gasteiger partial charge on any atom is -0.462 e. The Morgan fingerprint density at radius 1 is 0.643 bits per heavy atom. The topological polar surface area (TPSA) is 155 Å². The number of esters is 2. The summed E-state index contributed by atoms with van der Waals surface area (Å²) in [5.41, 5.74) is 5.33. The molecule has 0 aromatic carbocycles.